The molecule has 2 N–H and O–H groups in total. The molecule has 1 saturated heterocycles. The standard InChI is InChI=1S/C23H31N3O5S2/c1-17-11-18(2)15-26(14-17)33(30,31)22-6-4-5-21(12-22)23(27)25-13-19-7-9-20(10-8-19)16-32(28,29)24-3/h4-10,12,17-18,24H,11,13-16H2,1-3H3,(H,25,27)/t17-,18+. The fraction of sp³-hybridized carbons (Fsp3) is 0.435. The van der Waals surface area contributed by atoms with Crippen molar-refractivity contribution >= 4 is 26.0 Å². The van der Waals surface area contributed by atoms with Gasteiger partial charge in [-0.3, -0.25) is 4.79 Å². The summed E-state index contributed by atoms with van der Waals surface area (Å²) in [5.41, 5.74) is 1.71. The molecular weight excluding hydrogens is 462 g/mol. The number of piperidine rings is 1. The molecule has 0 unspecified atom stereocenters. The topological polar surface area (TPSA) is 113 Å². The highest BCUT2D eigenvalue weighted by molar-refractivity contribution is 7.89. The van der Waals surface area contributed by atoms with Crippen LogP contribution in [0, 0.1) is 11.8 Å². The molecule has 1 aliphatic rings. The van der Waals surface area contributed by atoms with E-state index in [4.69, 9.17) is 0 Å². The van der Waals surface area contributed by atoms with Gasteiger partial charge >= 0.3 is 0 Å². The molecule has 1 aliphatic heterocycles. The molecule has 2 aromatic carbocycles. The van der Waals surface area contributed by atoms with Gasteiger partial charge in [0.15, 0.2) is 0 Å². The van der Waals surface area contributed by atoms with Crippen molar-refractivity contribution in [3.8, 4) is 0 Å². The average Bonchev–Trinajstić information content (AvgIpc) is 2.77. The Kier molecular flexibility index (Phi) is 7.94. The summed E-state index contributed by atoms with van der Waals surface area (Å²) in [6.45, 7) is 5.29. The summed E-state index contributed by atoms with van der Waals surface area (Å²) < 4.78 is 53.3. The summed E-state index contributed by atoms with van der Waals surface area (Å²) in [6, 6.07) is 13.0. The maximum Gasteiger partial charge on any atom is 0.251 e. The van der Waals surface area contributed by atoms with Gasteiger partial charge in [-0.25, -0.2) is 21.6 Å². The van der Waals surface area contributed by atoms with Crippen molar-refractivity contribution < 1.29 is 21.6 Å². The Morgan fingerprint density at radius 2 is 1.58 bits per heavy atom. The zero-order chi connectivity index (χ0) is 24.2. The van der Waals surface area contributed by atoms with Crippen LogP contribution in [0.25, 0.3) is 0 Å². The number of rotatable bonds is 8. The molecule has 1 fully saturated rings. The summed E-state index contributed by atoms with van der Waals surface area (Å²) >= 11 is 0. The molecule has 0 spiro atoms. The lowest BCUT2D eigenvalue weighted by Crippen LogP contribution is -2.42. The number of sulfonamides is 2. The Hall–Kier alpha value is -2.27. The number of hydrogen-bond acceptors (Lipinski definition) is 5. The van der Waals surface area contributed by atoms with Gasteiger partial charge in [-0.2, -0.15) is 4.31 Å². The van der Waals surface area contributed by atoms with Gasteiger partial charge in [0, 0.05) is 25.2 Å². The van der Waals surface area contributed by atoms with Crippen LogP contribution in [0.3, 0.4) is 0 Å². The van der Waals surface area contributed by atoms with Crippen molar-refractivity contribution in [2.24, 2.45) is 11.8 Å². The number of carbonyl (C=O) groups is 1. The SMILES string of the molecule is CNS(=O)(=O)Cc1ccc(CNC(=O)c2cccc(S(=O)(=O)N3C[C@H](C)C[C@H](C)C3)c2)cc1. The summed E-state index contributed by atoms with van der Waals surface area (Å²) in [5, 5.41) is 2.79. The van der Waals surface area contributed by atoms with Gasteiger partial charge in [0.1, 0.15) is 0 Å². The fourth-order valence-electron chi connectivity index (χ4n) is 4.08. The number of carbonyl (C=O) groups excluding carboxylic acids is 1. The molecule has 0 aromatic heterocycles. The number of benzene rings is 2. The lowest BCUT2D eigenvalue weighted by molar-refractivity contribution is 0.0950. The van der Waals surface area contributed by atoms with Gasteiger partial charge in [0.05, 0.1) is 10.6 Å². The van der Waals surface area contributed by atoms with Crippen molar-refractivity contribution in [1.29, 1.82) is 0 Å². The van der Waals surface area contributed by atoms with E-state index in [1.54, 1.807) is 36.4 Å². The van der Waals surface area contributed by atoms with Crippen LogP contribution < -0.4 is 10.0 Å². The predicted molar refractivity (Wildman–Crippen MR) is 127 cm³/mol. The molecule has 180 valence electrons. The van der Waals surface area contributed by atoms with Crippen LogP contribution >= 0.6 is 0 Å². The van der Waals surface area contributed by atoms with E-state index in [0.29, 0.717) is 30.5 Å². The van der Waals surface area contributed by atoms with Crippen LogP contribution in [-0.2, 0) is 32.3 Å². The highest BCUT2D eigenvalue weighted by Gasteiger charge is 2.31. The molecule has 0 saturated carbocycles. The van der Waals surface area contributed by atoms with E-state index in [0.717, 1.165) is 12.0 Å². The summed E-state index contributed by atoms with van der Waals surface area (Å²) in [4.78, 5) is 12.8. The first kappa shape index (κ1) is 25.4. The molecule has 8 nitrogen and oxygen atoms in total. The van der Waals surface area contributed by atoms with E-state index in [1.807, 2.05) is 13.8 Å². The largest absolute Gasteiger partial charge is 0.348 e. The molecule has 2 aromatic rings. The molecule has 3 rings (SSSR count). The van der Waals surface area contributed by atoms with E-state index in [9.17, 15) is 21.6 Å². The molecule has 2 atom stereocenters. The Morgan fingerprint density at radius 1 is 0.970 bits per heavy atom. The predicted octanol–water partition coefficient (Wildman–Crippen LogP) is 2.33. The van der Waals surface area contributed by atoms with Gasteiger partial charge in [0.2, 0.25) is 20.0 Å². The van der Waals surface area contributed by atoms with Crippen LogP contribution in [0.2, 0.25) is 0 Å². The van der Waals surface area contributed by atoms with Crippen LogP contribution in [0.4, 0.5) is 0 Å². The minimum atomic E-state index is -3.67. The monoisotopic (exact) mass is 493 g/mol. The minimum absolute atomic E-state index is 0.117. The van der Waals surface area contributed by atoms with Crippen molar-refractivity contribution in [2.45, 2.75) is 37.5 Å². The highest BCUT2D eigenvalue weighted by Crippen LogP contribution is 2.27. The molecule has 1 amide bonds. The first-order valence-corrected chi connectivity index (χ1v) is 14.0. The highest BCUT2D eigenvalue weighted by atomic mass is 32.2. The van der Waals surface area contributed by atoms with E-state index < -0.39 is 20.0 Å². The van der Waals surface area contributed by atoms with Gasteiger partial charge in [-0.15, -0.1) is 0 Å². The maximum absolute atomic E-state index is 13.1. The van der Waals surface area contributed by atoms with Crippen LogP contribution in [-0.4, -0.2) is 47.2 Å². The first-order valence-electron chi connectivity index (χ1n) is 10.9. The van der Waals surface area contributed by atoms with E-state index in [-0.39, 0.29) is 28.7 Å². The Labute approximate surface area is 196 Å². The third kappa shape index (κ3) is 6.63. The summed E-state index contributed by atoms with van der Waals surface area (Å²) in [5.74, 6) is 0.0835. The first-order chi connectivity index (χ1) is 15.5. The van der Waals surface area contributed by atoms with Crippen molar-refractivity contribution in [1.82, 2.24) is 14.3 Å². The fourth-order valence-corrected chi connectivity index (χ4v) is 6.58. The Bertz CT molecular complexity index is 1180. The molecule has 0 bridgehead atoms. The van der Waals surface area contributed by atoms with Crippen LogP contribution in [0.1, 0.15) is 41.8 Å². The van der Waals surface area contributed by atoms with Crippen LogP contribution in [0.15, 0.2) is 53.4 Å². The summed E-state index contributed by atoms with van der Waals surface area (Å²) in [6.07, 6.45) is 1.00. The molecule has 10 heteroatoms. The number of amides is 1. The van der Waals surface area contributed by atoms with E-state index in [2.05, 4.69) is 10.0 Å². The second-order valence-electron chi connectivity index (χ2n) is 8.76. The molecular formula is C23H31N3O5S2. The number of nitrogens with one attached hydrogen (secondary N) is 2. The van der Waals surface area contributed by atoms with E-state index in [1.165, 1.54) is 23.5 Å². The zero-order valence-corrected chi connectivity index (χ0v) is 20.7. The summed E-state index contributed by atoms with van der Waals surface area (Å²) in [7, 11) is -5.66. The zero-order valence-electron chi connectivity index (χ0n) is 19.1. The quantitative estimate of drug-likeness (QED) is 0.586. The molecule has 33 heavy (non-hydrogen) atoms. The van der Waals surface area contributed by atoms with Crippen molar-refractivity contribution in [3.05, 3.63) is 65.2 Å². The van der Waals surface area contributed by atoms with Crippen LogP contribution in [0.5, 0.6) is 0 Å². The normalized spacial score (nSPS) is 19.8. The minimum Gasteiger partial charge on any atom is -0.348 e. The molecule has 0 aliphatic carbocycles. The van der Waals surface area contributed by atoms with Gasteiger partial charge in [-0.05, 0) is 54.6 Å². The van der Waals surface area contributed by atoms with Crippen molar-refractivity contribution in [3.63, 3.8) is 0 Å². The third-order valence-electron chi connectivity index (χ3n) is 5.71. The smallest absolute Gasteiger partial charge is 0.251 e. The second kappa shape index (κ2) is 10.3. The number of hydrogen-bond donors (Lipinski definition) is 2. The lowest BCUT2D eigenvalue weighted by Gasteiger charge is -2.34. The Morgan fingerprint density at radius 3 is 2.18 bits per heavy atom. The molecule has 0 radical (unpaired) electrons. The van der Waals surface area contributed by atoms with Gasteiger partial charge in [-0.1, -0.05) is 44.2 Å². The second-order valence-corrected chi connectivity index (χ2v) is 12.6. The lowest BCUT2D eigenvalue weighted by atomic mass is 9.94. The maximum atomic E-state index is 13.1. The van der Waals surface area contributed by atoms with Gasteiger partial charge < -0.3 is 5.32 Å². The van der Waals surface area contributed by atoms with Crippen molar-refractivity contribution in [2.75, 3.05) is 20.1 Å². The molecule has 1 heterocycles. The van der Waals surface area contributed by atoms with E-state index >= 15 is 0 Å². The average molecular weight is 494 g/mol. The Balaban J connectivity index is 1.66. The third-order valence-corrected chi connectivity index (χ3v) is 8.88. The van der Waals surface area contributed by atoms with Gasteiger partial charge in [0.25, 0.3) is 5.91 Å². The number of nitrogens with zero attached hydrogens (tertiary/aromatic N) is 1.